The summed E-state index contributed by atoms with van der Waals surface area (Å²) in [4.78, 5) is 0. The van der Waals surface area contributed by atoms with Crippen LogP contribution in [0.4, 0.5) is 0 Å². The summed E-state index contributed by atoms with van der Waals surface area (Å²) in [6.45, 7) is 15.3. The lowest BCUT2D eigenvalue weighted by atomic mass is 9.99. The average molecular weight is 471 g/mol. The Morgan fingerprint density at radius 2 is 0.903 bits per heavy atom. The van der Waals surface area contributed by atoms with Gasteiger partial charge in [-0.1, -0.05) is 38.5 Å². The number of hydrogen-bond donors (Lipinski definition) is 0. The molecular weight excluding hydrogens is 420 g/mol. The number of rotatable bonds is 4. The SMILES string of the molecule is C[Si](C)(C)OC1=C(O[Si](C)(C)C)CCCCCCCC2(CCCCCCC1)OCCO2. The maximum atomic E-state index is 6.61. The standard InChI is InChI=1S/C25H50O4Si2/c1-30(2,3)28-23-17-13-9-7-11-15-19-25(26-21-22-27-25)20-16-12-8-10-14-18-24(23)29-31(4,5)6/h7-22H2,1-6H3. The quantitative estimate of drug-likeness (QED) is 0.389. The summed E-state index contributed by atoms with van der Waals surface area (Å²) in [6, 6.07) is 0. The van der Waals surface area contributed by atoms with Crippen molar-refractivity contribution in [3.05, 3.63) is 11.5 Å². The first-order valence-electron chi connectivity index (χ1n) is 13.0. The van der Waals surface area contributed by atoms with Gasteiger partial charge in [0.15, 0.2) is 5.79 Å². The van der Waals surface area contributed by atoms with Gasteiger partial charge in [0.2, 0.25) is 16.6 Å². The van der Waals surface area contributed by atoms with E-state index in [1.165, 1.54) is 75.7 Å². The zero-order chi connectivity index (χ0) is 22.8. The van der Waals surface area contributed by atoms with E-state index in [-0.39, 0.29) is 5.79 Å². The van der Waals surface area contributed by atoms with E-state index in [2.05, 4.69) is 39.3 Å². The Bertz CT molecular complexity index is 501. The summed E-state index contributed by atoms with van der Waals surface area (Å²) in [7, 11) is -3.32. The lowest BCUT2D eigenvalue weighted by Gasteiger charge is -2.29. The smallest absolute Gasteiger partial charge is 0.241 e. The minimum Gasteiger partial charge on any atom is -0.545 e. The molecule has 0 unspecified atom stereocenters. The molecule has 2 rings (SSSR count). The van der Waals surface area contributed by atoms with Gasteiger partial charge in [0, 0.05) is 25.7 Å². The molecule has 2 aliphatic rings. The normalized spacial score (nSPS) is 23.5. The van der Waals surface area contributed by atoms with Crippen LogP contribution in [0.2, 0.25) is 39.3 Å². The number of allylic oxidation sites excluding steroid dienone is 2. The van der Waals surface area contributed by atoms with Gasteiger partial charge in [-0.2, -0.15) is 0 Å². The second-order valence-corrected chi connectivity index (χ2v) is 20.3. The van der Waals surface area contributed by atoms with E-state index < -0.39 is 16.6 Å². The van der Waals surface area contributed by atoms with Crippen LogP contribution in [-0.2, 0) is 18.3 Å². The van der Waals surface area contributed by atoms with Crippen LogP contribution >= 0.6 is 0 Å². The molecule has 6 heteroatoms. The maximum Gasteiger partial charge on any atom is 0.241 e. The molecule has 0 N–H and O–H groups in total. The van der Waals surface area contributed by atoms with Gasteiger partial charge in [-0.25, -0.2) is 0 Å². The Labute approximate surface area is 194 Å². The lowest BCUT2D eigenvalue weighted by molar-refractivity contribution is -0.168. The Kier molecular flexibility index (Phi) is 11.1. The van der Waals surface area contributed by atoms with Crippen LogP contribution in [-0.4, -0.2) is 35.6 Å². The zero-order valence-corrected chi connectivity index (χ0v) is 23.4. The topological polar surface area (TPSA) is 36.9 Å². The second-order valence-electron chi connectivity index (χ2n) is 11.4. The first-order chi connectivity index (χ1) is 14.6. The molecule has 0 aromatic carbocycles. The number of hydrogen-bond acceptors (Lipinski definition) is 4. The Morgan fingerprint density at radius 1 is 0.548 bits per heavy atom. The maximum absolute atomic E-state index is 6.61. The van der Waals surface area contributed by atoms with E-state index >= 15 is 0 Å². The molecule has 0 amide bonds. The third kappa shape index (κ3) is 11.4. The van der Waals surface area contributed by atoms with Crippen LogP contribution in [0.25, 0.3) is 0 Å². The summed E-state index contributed by atoms with van der Waals surface area (Å²) < 4.78 is 25.4. The third-order valence-corrected chi connectivity index (χ3v) is 7.62. The molecule has 182 valence electrons. The predicted octanol–water partition coefficient (Wildman–Crippen LogP) is 8.12. The van der Waals surface area contributed by atoms with Gasteiger partial charge < -0.3 is 18.3 Å². The third-order valence-electron chi connectivity index (χ3n) is 5.91. The molecule has 1 heterocycles. The fourth-order valence-electron chi connectivity index (χ4n) is 4.57. The molecule has 31 heavy (non-hydrogen) atoms. The van der Waals surface area contributed by atoms with Gasteiger partial charge in [-0.05, 0) is 65.0 Å². The summed E-state index contributed by atoms with van der Waals surface area (Å²) in [5.74, 6) is 2.09. The molecular formula is C25H50O4Si2. The van der Waals surface area contributed by atoms with Crippen molar-refractivity contribution in [3.63, 3.8) is 0 Å². The zero-order valence-electron chi connectivity index (χ0n) is 21.4. The van der Waals surface area contributed by atoms with E-state index in [0.717, 1.165) is 38.9 Å². The number of ether oxygens (including phenoxy) is 2. The summed E-state index contributed by atoms with van der Waals surface area (Å²) in [5.41, 5.74) is 0. The molecule has 1 aliphatic heterocycles. The molecule has 1 saturated heterocycles. The first-order valence-corrected chi connectivity index (χ1v) is 19.8. The van der Waals surface area contributed by atoms with Crippen LogP contribution in [0.15, 0.2) is 11.5 Å². The van der Waals surface area contributed by atoms with Gasteiger partial charge in [0.05, 0.1) is 13.2 Å². The molecule has 4 nitrogen and oxygen atoms in total. The van der Waals surface area contributed by atoms with E-state index in [4.69, 9.17) is 18.3 Å². The highest BCUT2D eigenvalue weighted by molar-refractivity contribution is 6.70. The molecule has 1 fully saturated rings. The summed E-state index contributed by atoms with van der Waals surface area (Å²) in [5, 5.41) is 0. The van der Waals surface area contributed by atoms with Crippen molar-refractivity contribution < 1.29 is 18.3 Å². The molecule has 0 saturated carbocycles. The van der Waals surface area contributed by atoms with E-state index in [1.807, 2.05) is 0 Å². The predicted molar refractivity (Wildman–Crippen MR) is 135 cm³/mol. The lowest BCUT2D eigenvalue weighted by Crippen LogP contribution is -2.30. The Morgan fingerprint density at radius 3 is 1.29 bits per heavy atom. The second kappa shape index (κ2) is 12.8. The average Bonchev–Trinajstić information content (AvgIpc) is 3.11. The largest absolute Gasteiger partial charge is 0.545 e. The van der Waals surface area contributed by atoms with Crippen molar-refractivity contribution in [2.24, 2.45) is 0 Å². The van der Waals surface area contributed by atoms with Gasteiger partial charge in [0.1, 0.15) is 11.5 Å². The molecule has 0 aromatic rings. The van der Waals surface area contributed by atoms with Crippen molar-refractivity contribution in [3.8, 4) is 0 Å². The van der Waals surface area contributed by atoms with Crippen molar-refractivity contribution in [1.29, 1.82) is 0 Å². The summed E-state index contributed by atoms with van der Waals surface area (Å²) in [6.07, 6.45) is 16.6. The molecule has 0 bridgehead atoms. The molecule has 1 spiro atoms. The van der Waals surface area contributed by atoms with Gasteiger partial charge >= 0.3 is 0 Å². The van der Waals surface area contributed by atoms with Crippen LogP contribution in [0.5, 0.6) is 0 Å². The van der Waals surface area contributed by atoms with Crippen molar-refractivity contribution >= 4 is 16.6 Å². The minimum atomic E-state index is -1.66. The van der Waals surface area contributed by atoms with Crippen LogP contribution in [0.1, 0.15) is 89.9 Å². The van der Waals surface area contributed by atoms with Gasteiger partial charge in [0.25, 0.3) is 0 Å². The Hall–Kier alpha value is -0.306. The van der Waals surface area contributed by atoms with Crippen LogP contribution in [0, 0.1) is 0 Å². The van der Waals surface area contributed by atoms with E-state index in [0.29, 0.717) is 0 Å². The highest BCUT2D eigenvalue weighted by atomic mass is 28.4. The van der Waals surface area contributed by atoms with Gasteiger partial charge in [-0.3, -0.25) is 0 Å². The highest BCUT2D eigenvalue weighted by Gasteiger charge is 2.35. The van der Waals surface area contributed by atoms with E-state index in [1.54, 1.807) is 0 Å². The Balaban J connectivity index is 2.04. The molecule has 1 aliphatic carbocycles. The van der Waals surface area contributed by atoms with Crippen molar-refractivity contribution in [2.75, 3.05) is 13.2 Å². The highest BCUT2D eigenvalue weighted by Crippen LogP contribution is 2.33. The molecule has 0 radical (unpaired) electrons. The fraction of sp³-hybridized carbons (Fsp3) is 0.920. The minimum absolute atomic E-state index is 0.272. The fourth-order valence-corrected chi connectivity index (χ4v) is 6.48. The van der Waals surface area contributed by atoms with Crippen molar-refractivity contribution in [2.45, 2.75) is 135 Å². The van der Waals surface area contributed by atoms with Gasteiger partial charge in [-0.15, -0.1) is 0 Å². The molecule has 0 atom stereocenters. The monoisotopic (exact) mass is 470 g/mol. The van der Waals surface area contributed by atoms with Crippen LogP contribution < -0.4 is 0 Å². The van der Waals surface area contributed by atoms with Crippen molar-refractivity contribution in [1.82, 2.24) is 0 Å². The summed E-state index contributed by atoms with van der Waals surface area (Å²) >= 11 is 0. The van der Waals surface area contributed by atoms with Crippen LogP contribution in [0.3, 0.4) is 0 Å². The molecule has 0 aromatic heterocycles. The first kappa shape index (κ1) is 26.9. The van der Waals surface area contributed by atoms with E-state index in [9.17, 15) is 0 Å².